The molecule has 0 saturated heterocycles. The Labute approximate surface area is 185 Å². The summed E-state index contributed by atoms with van der Waals surface area (Å²) in [6, 6.07) is 19.0. The predicted octanol–water partition coefficient (Wildman–Crippen LogP) is 4.20. The van der Waals surface area contributed by atoms with Gasteiger partial charge in [0, 0.05) is 0 Å². The van der Waals surface area contributed by atoms with Gasteiger partial charge < -0.3 is 0 Å². The molecule has 0 atom stereocenters. The van der Waals surface area contributed by atoms with Crippen LogP contribution in [0.2, 0.25) is 0 Å². The number of carbonyl (C=O) groups is 2. The maximum absolute atomic E-state index is 13.0. The monoisotopic (exact) mass is 460 g/mol. The molecule has 5 heteroatoms. The summed E-state index contributed by atoms with van der Waals surface area (Å²) in [5.41, 5.74) is 1.62. The van der Waals surface area contributed by atoms with E-state index in [1.165, 1.54) is 32.1 Å². The van der Waals surface area contributed by atoms with Gasteiger partial charge >= 0.3 is 186 Å². The quantitative estimate of drug-likeness (QED) is 0.561. The molecule has 1 aliphatic rings. The summed E-state index contributed by atoms with van der Waals surface area (Å²) in [4.78, 5) is 26.0. The summed E-state index contributed by atoms with van der Waals surface area (Å²) in [7, 11) is 0. The molecule has 0 heterocycles. The van der Waals surface area contributed by atoms with Crippen molar-refractivity contribution < 1.29 is 9.59 Å². The van der Waals surface area contributed by atoms with E-state index >= 15 is 0 Å². The fraction of sp³-hybridized carbons (Fsp3) is 0.280. The molecular formula is C25H25AsN2O2. The predicted molar refractivity (Wildman–Crippen MR) is 123 cm³/mol. The molecule has 4 nitrogen and oxygen atoms in total. The van der Waals surface area contributed by atoms with Gasteiger partial charge in [-0.3, -0.25) is 0 Å². The number of hydrogen-bond donors (Lipinski definition) is 2. The molecule has 3 aromatic carbocycles. The van der Waals surface area contributed by atoms with Crippen LogP contribution in [0.5, 0.6) is 0 Å². The van der Waals surface area contributed by atoms with Gasteiger partial charge in [-0.1, -0.05) is 0 Å². The van der Waals surface area contributed by atoms with Gasteiger partial charge in [-0.15, -0.1) is 0 Å². The van der Waals surface area contributed by atoms with Crippen molar-refractivity contribution in [2.45, 2.75) is 32.1 Å². The molecule has 1 fully saturated rings. The number of amides is 2. The fourth-order valence-electron chi connectivity index (χ4n) is 4.17. The van der Waals surface area contributed by atoms with Crippen LogP contribution in [0.1, 0.15) is 52.8 Å². The first-order chi connectivity index (χ1) is 14.6. The third kappa shape index (κ3) is 4.76. The topological polar surface area (TPSA) is 58.2 Å². The zero-order valence-electron chi connectivity index (χ0n) is 16.9. The van der Waals surface area contributed by atoms with E-state index in [1.54, 1.807) is 6.07 Å². The van der Waals surface area contributed by atoms with Crippen molar-refractivity contribution in [2.24, 2.45) is 5.92 Å². The maximum atomic E-state index is 13.0. The second-order valence-corrected chi connectivity index (χ2v) is 9.01. The summed E-state index contributed by atoms with van der Waals surface area (Å²) in [5.74, 6) is 0.199. The number of fused-ring (bicyclic) bond motifs is 1. The first-order valence-corrected chi connectivity index (χ1v) is 11.5. The van der Waals surface area contributed by atoms with E-state index in [9.17, 15) is 9.59 Å². The minimum absolute atomic E-state index is 0.137. The normalized spacial score (nSPS) is 14.4. The van der Waals surface area contributed by atoms with Gasteiger partial charge in [0.2, 0.25) is 0 Å². The van der Waals surface area contributed by atoms with Crippen LogP contribution < -0.4 is 15.0 Å². The molecule has 0 bridgehead atoms. The van der Waals surface area contributed by atoms with Gasteiger partial charge in [-0.05, 0) is 0 Å². The summed E-state index contributed by atoms with van der Waals surface area (Å²) in [6.45, 7) is 0.693. The van der Waals surface area contributed by atoms with Gasteiger partial charge in [0.25, 0.3) is 0 Å². The standard InChI is InChI=1S/C25H25AsN2O2/c26-19-13-14-23(22(15-19)24(29)27-16-17-7-2-1-3-8-17)28-25(30)21-12-6-10-18-9-4-5-11-20(18)21/h4-6,9-15,17H,1-3,7-8,16H2,(H,27,29)(H,28,30). The Kier molecular flexibility index (Phi) is 6.54. The molecule has 30 heavy (non-hydrogen) atoms. The van der Waals surface area contributed by atoms with Crippen LogP contribution in [0.3, 0.4) is 0 Å². The van der Waals surface area contributed by atoms with Crippen molar-refractivity contribution in [3.8, 4) is 0 Å². The molecule has 0 spiro atoms. The number of nitrogens with one attached hydrogen (secondary N) is 2. The van der Waals surface area contributed by atoms with Crippen LogP contribution >= 0.6 is 0 Å². The van der Waals surface area contributed by atoms with Crippen LogP contribution in [0.4, 0.5) is 5.69 Å². The van der Waals surface area contributed by atoms with Gasteiger partial charge in [0.05, 0.1) is 0 Å². The van der Waals surface area contributed by atoms with E-state index in [1.807, 2.05) is 54.6 Å². The molecule has 1 aliphatic carbocycles. The van der Waals surface area contributed by atoms with E-state index in [0.717, 1.165) is 15.1 Å². The van der Waals surface area contributed by atoms with Crippen LogP contribution in [0, 0.1) is 5.92 Å². The second-order valence-electron chi connectivity index (χ2n) is 7.92. The summed E-state index contributed by atoms with van der Waals surface area (Å²) in [6.07, 6.45) is 6.14. The molecule has 0 unspecified atom stereocenters. The van der Waals surface area contributed by atoms with Crippen LogP contribution in [-0.4, -0.2) is 35.2 Å². The molecule has 152 valence electrons. The van der Waals surface area contributed by atoms with Crippen LogP contribution in [0.15, 0.2) is 60.7 Å². The Morgan fingerprint density at radius 2 is 1.63 bits per heavy atom. The van der Waals surface area contributed by atoms with Crippen molar-refractivity contribution in [3.63, 3.8) is 0 Å². The summed E-state index contributed by atoms with van der Waals surface area (Å²) < 4.78 is 0.925. The number of benzene rings is 3. The van der Waals surface area contributed by atoms with Crippen molar-refractivity contribution >= 4 is 49.5 Å². The third-order valence-corrected chi connectivity index (χ3v) is 6.39. The number of anilines is 1. The van der Waals surface area contributed by atoms with E-state index in [4.69, 9.17) is 0 Å². The summed E-state index contributed by atoms with van der Waals surface area (Å²) >= 11 is 2.45. The van der Waals surface area contributed by atoms with Crippen molar-refractivity contribution in [2.75, 3.05) is 11.9 Å². The number of carbonyl (C=O) groups excluding carboxylic acids is 2. The Morgan fingerprint density at radius 3 is 2.47 bits per heavy atom. The number of hydrogen-bond acceptors (Lipinski definition) is 2. The Morgan fingerprint density at radius 1 is 0.867 bits per heavy atom. The van der Waals surface area contributed by atoms with Crippen LogP contribution in [-0.2, 0) is 0 Å². The number of rotatable bonds is 5. The Balaban J connectivity index is 1.54. The second kappa shape index (κ2) is 9.49. The van der Waals surface area contributed by atoms with Crippen molar-refractivity contribution in [3.05, 3.63) is 71.8 Å². The average Bonchev–Trinajstić information content (AvgIpc) is 2.79. The molecule has 2 amide bonds. The zero-order chi connectivity index (χ0) is 20.9. The zero-order valence-corrected chi connectivity index (χ0v) is 18.7. The molecule has 4 rings (SSSR count). The summed E-state index contributed by atoms with van der Waals surface area (Å²) in [5, 5.41) is 7.94. The molecule has 3 aromatic rings. The Hall–Kier alpha value is -2.58. The molecule has 1 saturated carbocycles. The van der Waals surface area contributed by atoms with E-state index in [0.29, 0.717) is 29.3 Å². The molecule has 2 radical (unpaired) electrons. The SMILES string of the molecule is O=C(NCC1CCCCC1)c1cc([As])ccc1NC(=O)c1cccc2ccccc12. The first kappa shape index (κ1) is 20.7. The van der Waals surface area contributed by atoms with E-state index in [-0.39, 0.29) is 11.8 Å². The average molecular weight is 460 g/mol. The van der Waals surface area contributed by atoms with E-state index in [2.05, 4.69) is 27.5 Å². The molecular weight excluding hydrogens is 435 g/mol. The molecule has 0 aliphatic heterocycles. The first-order valence-electron chi connectivity index (χ1n) is 10.5. The van der Waals surface area contributed by atoms with Gasteiger partial charge in [-0.2, -0.15) is 0 Å². The van der Waals surface area contributed by atoms with Gasteiger partial charge in [-0.25, -0.2) is 0 Å². The Bertz CT molecular complexity index is 1070. The van der Waals surface area contributed by atoms with Crippen molar-refractivity contribution in [1.29, 1.82) is 0 Å². The van der Waals surface area contributed by atoms with Crippen molar-refractivity contribution in [1.82, 2.24) is 5.32 Å². The van der Waals surface area contributed by atoms with E-state index < -0.39 is 0 Å². The van der Waals surface area contributed by atoms with Crippen LogP contribution in [0.25, 0.3) is 10.8 Å². The van der Waals surface area contributed by atoms with Gasteiger partial charge in [0.15, 0.2) is 0 Å². The molecule has 2 N–H and O–H groups in total. The molecule has 0 aromatic heterocycles. The fourth-order valence-corrected chi connectivity index (χ4v) is 4.59. The minimum atomic E-state index is -0.216. The van der Waals surface area contributed by atoms with Gasteiger partial charge in [0.1, 0.15) is 0 Å². The third-order valence-electron chi connectivity index (χ3n) is 5.81.